The van der Waals surface area contributed by atoms with Crippen LogP contribution in [0.15, 0.2) is 12.1 Å². The number of nitrogens with zero attached hydrogens (tertiary/aromatic N) is 1. The summed E-state index contributed by atoms with van der Waals surface area (Å²) < 4.78 is 0. The molecule has 0 aliphatic rings. The number of nitrogen functional groups attached to an aromatic ring is 1. The molecule has 0 aliphatic carbocycles. The predicted octanol–water partition coefficient (Wildman–Crippen LogP) is 1.14. The van der Waals surface area contributed by atoms with Crippen molar-refractivity contribution in [3.05, 3.63) is 23.0 Å². The maximum atomic E-state index is 10.1. The van der Waals surface area contributed by atoms with Crippen LogP contribution in [0, 0.1) is 11.8 Å². The Morgan fingerprint density at radius 1 is 1.64 bits per heavy atom. The zero-order valence-corrected chi connectivity index (χ0v) is 7.88. The predicted molar refractivity (Wildman–Crippen MR) is 52.8 cm³/mol. The second-order valence-corrected chi connectivity index (χ2v) is 2.81. The fourth-order valence-electron chi connectivity index (χ4n) is 0.725. The first-order chi connectivity index (χ1) is 6.59. The first kappa shape index (κ1) is 10.4. The Morgan fingerprint density at radius 3 is 2.93 bits per heavy atom. The van der Waals surface area contributed by atoms with E-state index in [1.165, 1.54) is 0 Å². The van der Waals surface area contributed by atoms with Crippen LogP contribution < -0.4 is 5.73 Å². The molecule has 0 unspecified atom stereocenters. The van der Waals surface area contributed by atoms with Gasteiger partial charge in [0.1, 0.15) is 12.1 Å². The smallest absolute Gasteiger partial charge is 0.315 e. The summed E-state index contributed by atoms with van der Waals surface area (Å²) in [6.07, 6.45) is -0.219. The largest absolute Gasteiger partial charge is 0.481 e. The quantitative estimate of drug-likeness (QED) is 0.539. The van der Waals surface area contributed by atoms with Crippen LogP contribution in [-0.4, -0.2) is 16.1 Å². The Hall–Kier alpha value is -1.73. The minimum absolute atomic E-state index is 0.173. The molecule has 0 amide bonds. The lowest BCUT2D eigenvalue weighted by molar-refractivity contribution is -0.135. The van der Waals surface area contributed by atoms with E-state index in [1.807, 2.05) is 0 Å². The minimum Gasteiger partial charge on any atom is -0.481 e. The zero-order valence-electron chi connectivity index (χ0n) is 7.12. The molecule has 0 radical (unpaired) electrons. The summed E-state index contributed by atoms with van der Waals surface area (Å²) in [5.74, 6) is 4.03. The van der Waals surface area contributed by atoms with E-state index in [1.54, 1.807) is 12.1 Å². The van der Waals surface area contributed by atoms with Gasteiger partial charge in [0, 0.05) is 0 Å². The maximum Gasteiger partial charge on any atom is 0.315 e. The lowest BCUT2D eigenvalue weighted by Gasteiger charge is -1.95. The van der Waals surface area contributed by atoms with E-state index in [4.69, 9.17) is 22.4 Å². The summed E-state index contributed by atoms with van der Waals surface area (Å²) in [5.41, 5.74) is 6.21. The fraction of sp³-hybridized carbons (Fsp3) is 0.111. The number of aliphatic carboxylic acids is 1. The molecule has 0 saturated heterocycles. The summed E-state index contributed by atoms with van der Waals surface area (Å²) in [6, 6.07) is 3.15. The highest BCUT2D eigenvalue weighted by molar-refractivity contribution is 6.31. The van der Waals surface area contributed by atoms with Crippen LogP contribution >= 0.6 is 11.6 Å². The molecule has 5 heteroatoms. The van der Waals surface area contributed by atoms with Crippen molar-refractivity contribution in [2.24, 2.45) is 0 Å². The van der Waals surface area contributed by atoms with Crippen molar-refractivity contribution in [1.29, 1.82) is 0 Å². The molecule has 1 heterocycles. The normalized spacial score (nSPS) is 8.93. The Bertz CT molecular complexity index is 421. The summed E-state index contributed by atoms with van der Waals surface area (Å²) >= 11 is 5.64. The minimum atomic E-state index is -0.973. The van der Waals surface area contributed by atoms with Gasteiger partial charge in [-0.25, -0.2) is 4.98 Å². The topological polar surface area (TPSA) is 76.2 Å². The van der Waals surface area contributed by atoms with Gasteiger partial charge < -0.3 is 10.8 Å². The van der Waals surface area contributed by atoms with Crippen LogP contribution in [0.2, 0.25) is 5.15 Å². The number of hydrogen-bond donors (Lipinski definition) is 2. The van der Waals surface area contributed by atoms with Crippen molar-refractivity contribution in [1.82, 2.24) is 4.98 Å². The molecule has 0 atom stereocenters. The number of carboxylic acids is 1. The Labute approximate surface area is 85.7 Å². The van der Waals surface area contributed by atoms with Gasteiger partial charge in [-0.3, -0.25) is 4.79 Å². The zero-order chi connectivity index (χ0) is 10.6. The molecule has 0 bridgehead atoms. The van der Waals surface area contributed by atoms with Crippen molar-refractivity contribution in [3.8, 4) is 11.8 Å². The molecule has 72 valence electrons. The highest BCUT2D eigenvalue weighted by atomic mass is 35.5. The van der Waals surface area contributed by atoms with Crippen LogP contribution in [0.5, 0.6) is 0 Å². The first-order valence-corrected chi connectivity index (χ1v) is 4.10. The Morgan fingerprint density at radius 2 is 2.36 bits per heavy atom. The number of aromatic nitrogens is 1. The van der Waals surface area contributed by atoms with Gasteiger partial charge in [-0.15, -0.1) is 0 Å². The molecule has 1 aromatic rings. The van der Waals surface area contributed by atoms with Crippen molar-refractivity contribution in [3.63, 3.8) is 0 Å². The number of hydrogen-bond acceptors (Lipinski definition) is 3. The number of halogens is 1. The maximum absolute atomic E-state index is 10.1. The molecule has 0 aromatic carbocycles. The number of rotatable bonds is 1. The standard InChI is InChI=1S/C9H7ClN2O2/c10-9-7(11)5-4-6(12-9)2-1-3-8(13)14/h4-5H,3,11H2,(H,13,14). The molecule has 14 heavy (non-hydrogen) atoms. The number of anilines is 1. The highest BCUT2D eigenvalue weighted by Gasteiger charge is 1.97. The van der Waals surface area contributed by atoms with Gasteiger partial charge in [-0.05, 0) is 18.1 Å². The summed E-state index contributed by atoms with van der Waals surface area (Å²) in [5, 5.41) is 8.49. The molecule has 1 aromatic heterocycles. The third-order valence-corrected chi connectivity index (χ3v) is 1.64. The number of pyridine rings is 1. The van der Waals surface area contributed by atoms with E-state index >= 15 is 0 Å². The Kier molecular flexibility index (Phi) is 3.32. The van der Waals surface area contributed by atoms with Crippen LogP contribution in [0.3, 0.4) is 0 Å². The van der Waals surface area contributed by atoms with Crippen molar-refractivity contribution < 1.29 is 9.90 Å². The summed E-state index contributed by atoms with van der Waals surface area (Å²) in [7, 11) is 0. The second-order valence-electron chi connectivity index (χ2n) is 2.45. The first-order valence-electron chi connectivity index (χ1n) is 3.72. The summed E-state index contributed by atoms with van der Waals surface area (Å²) in [6.45, 7) is 0. The summed E-state index contributed by atoms with van der Waals surface area (Å²) in [4.78, 5) is 14.0. The van der Waals surface area contributed by atoms with Gasteiger partial charge in [-0.1, -0.05) is 17.5 Å². The second kappa shape index (κ2) is 4.49. The molecule has 0 spiro atoms. The van der Waals surface area contributed by atoms with Gasteiger partial charge in [-0.2, -0.15) is 0 Å². The van der Waals surface area contributed by atoms with Crippen LogP contribution in [0.25, 0.3) is 0 Å². The van der Waals surface area contributed by atoms with Crippen LogP contribution in [0.1, 0.15) is 12.1 Å². The average molecular weight is 211 g/mol. The monoisotopic (exact) mass is 210 g/mol. The van der Waals surface area contributed by atoms with E-state index in [0.29, 0.717) is 11.4 Å². The van der Waals surface area contributed by atoms with Gasteiger partial charge in [0.2, 0.25) is 0 Å². The lowest BCUT2D eigenvalue weighted by atomic mass is 10.3. The van der Waals surface area contributed by atoms with E-state index in [-0.39, 0.29) is 11.6 Å². The molecular formula is C9H7ClN2O2. The van der Waals surface area contributed by atoms with E-state index in [9.17, 15) is 4.79 Å². The van der Waals surface area contributed by atoms with Crippen LogP contribution in [-0.2, 0) is 4.79 Å². The third kappa shape index (κ3) is 2.96. The fourth-order valence-corrected chi connectivity index (χ4v) is 0.879. The van der Waals surface area contributed by atoms with Gasteiger partial charge in [0.25, 0.3) is 0 Å². The lowest BCUT2D eigenvalue weighted by Crippen LogP contribution is -1.92. The van der Waals surface area contributed by atoms with E-state index < -0.39 is 5.97 Å². The van der Waals surface area contributed by atoms with Crippen molar-refractivity contribution in [2.45, 2.75) is 6.42 Å². The molecule has 0 saturated carbocycles. The van der Waals surface area contributed by atoms with Crippen LogP contribution in [0.4, 0.5) is 5.69 Å². The molecule has 1 rings (SSSR count). The van der Waals surface area contributed by atoms with Gasteiger partial charge in [0.15, 0.2) is 5.15 Å². The van der Waals surface area contributed by atoms with E-state index in [0.717, 1.165) is 0 Å². The van der Waals surface area contributed by atoms with E-state index in [2.05, 4.69) is 16.8 Å². The van der Waals surface area contributed by atoms with Gasteiger partial charge in [0.05, 0.1) is 5.69 Å². The Balaban J connectivity index is 2.81. The SMILES string of the molecule is Nc1ccc(C#CCC(=O)O)nc1Cl. The van der Waals surface area contributed by atoms with Crippen molar-refractivity contribution >= 4 is 23.3 Å². The third-order valence-electron chi connectivity index (χ3n) is 1.33. The number of carboxylic acid groups (broad SMARTS) is 1. The molecule has 3 N–H and O–H groups in total. The molecular weight excluding hydrogens is 204 g/mol. The highest BCUT2D eigenvalue weighted by Crippen LogP contribution is 2.14. The number of nitrogens with two attached hydrogens (primary N) is 1. The molecule has 0 aliphatic heterocycles. The molecule has 4 nitrogen and oxygen atoms in total. The number of carbonyl (C=O) groups is 1. The van der Waals surface area contributed by atoms with Crippen molar-refractivity contribution in [2.75, 3.05) is 5.73 Å². The average Bonchev–Trinajstić information content (AvgIpc) is 2.10. The molecule has 0 fully saturated rings. The van der Waals surface area contributed by atoms with Gasteiger partial charge >= 0.3 is 5.97 Å².